The highest BCUT2D eigenvalue weighted by molar-refractivity contribution is 5.20. The molecular formula is C10H9F2N3O. The van der Waals surface area contributed by atoms with E-state index in [9.17, 15) is 13.9 Å². The summed E-state index contributed by atoms with van der Waals surface area (Å²) < 4.78 is 25.9. The molecule has 0 fully saturated rings. The largest absolute Gasteiger partial charge is 0.386 e. The number of hydrogen-bond donors (Lipinski definition) is 2. The van der Waals surface area contributed by atoms with Gasteiger partial charge in [-0.25, -0.2) is 8.78 Å². The number of aliphatic hydroxyl groups excluding tert-OH is 1. The van der Waals surface area contributed by atoms with E-state index in [0.717, 1.165) is 12.1 Å². The van der Waals surface area contributed by atoms with Gasteiger partial charge in [0.25, 0.3) is 0 Å². The quantitative estimate of drug-likeness (QED) is 0.829. The zero-order valence-electron chi connectivity index (χ0n) is 8.19. The number of aliphatic hydroxyl groups is 1. The van der Waals surface area contributed by atoms with Gasteiger partial charge in [0.1, 0.15) is 23.4 Å². The van der Waals surface area contributed by atoms with Gasteiger partial charge in [-0.15, -0.1) is 0 Å². The van der Waals surface area contributed by atoms with E-state index in [2.05, 4.69) is 15.4 Å². The van der Waals surface area contributed by atoms with Gasteiger partial charge in [0.2, 0.25) is 0 Å². The SMILES string of the molecule is OC(Cc1ccc(F)cc1F)c1cn[nH]n1. The molecule has 16 heavy (non-hydrogen) atoms. The fourth-order valence-electron chi connectivity index (χ4n) is 1.37. The van der Waals surface area contributed by atoms with Crippen LogP contribution in [0, 0.1) is 11.6 Å². The standard InChI is InChI=1S/C10H9F2N3O/c11-7-2-1-6(8(12)4-7)3-10(16)9-5-13-15-14-9/h1-2,4-5,10,16H,3H2,(H,13,14,15). The molecule has 0 bridgehead atoms. The number of halogens is 2. The van der Waals surface area contributed by atoms with E-state index in [-0.39, 0.29) is 12.0 Å². The minimum Gasteiger partial charge on any atom is -0.386 e. The molecule has 1 atom stereocenters. The van der Waals surface area contributed by atoms with Gasteiger partial charge in [-0.1, -0.05) is 6.07 Å². The molecule has 0 amide bonds. The van der Waals surface area contributed by atoms with Gasteiger partial charge in [-0.05, 0) is 11.6 Å². The summed E-state index contributed by atoms with van der Waals surface area (Å²) in [5.74, 6) is -1.32. The Bertz CT molecular complexity index is 473. The molecule has 0 aliphatic carbocycles. The number of aromatic amines is 1. The van der Waals surface area contributed by atoms with Crippen LogP contribution in [0.15, 0.2) is 24.4 Å². The zero-order valence-corrected chi connectivity index (χ0v) is 8.19. The van der Waals surface area contributed by atoms with Crippen molar-refractivity contribution < 1.29 is 13.9 Å². The Morgan fingerprint density at radius 2 is 2.19 bits per heavy atom. The lowest BCUT2D eigenvalue weighted by molar-refractivity contribution is 0.172. The van der Waals surface area contributed by atoms with Crippen molar-refractivity contribution in [3.8, 4) is 0 Å². The lowest BCUT2D eigenvalue weighted by atomic mass is 10.1. The Hall–Kier alpha value is -1.82. The van der Waals surface area contributed by atoms with Gasteiger partial charge in [0, 0.05) is 12.5 Å². The molecule has 0 aliphatic rings. The number of nitrogens with zero attached hydrogens (tertiary/aromatic N) is 2. The monoisotopic (exact) mass is 225 g/mol. The van der Waals surface area contributed by atoms with Crippen molar-refractivity contribution in [1.82, 2.24) is 15.4 Å². The van der Waals surface area contributed by atoms with Crippen LogP contribution in [0.3, 0.4) is 0 Å². The number of benzene rings is 1. The minimum atomic E-state index is -0.960. The number of H-pyrrole nitrogens is 1. The minimum absolute atomic E-state index is 0.0264. The topological polar surface area (TPSA) is 61.8 Å². The molecule has 1 heterocycles. The summed E-state index contributed by atoms with van der Waals surface area (Å²) in [6.45, 7) is 0. The van der Waals surface area contributed by atoms with Crippen LogP contribution in [0.5, 0.6) is 0 Å². The van der Waals surface area contributed by atoms with Crippen molar-refractivity contribution >= 4 is 0 Å². The molecule has 0 saturated carbocycles. The normalized spacial score (nSPS) is 12.7. The average molecular weight is 225 g/mol. The lowest BCUT2D eigenvalue weighted by Gasteiger charge is -2.07. The van der Waals surface area contributed by atoms with Crippen LogP contribution in [-0.4, -0.2) is 20.5 Å². The van der Waals surface area contributed by atoms with Crippen molar-refractivity contribution in [3.63, 3.8) is 0 Å². The van der Waals surface area contributed by atoms with Gasteiger partial charge in [-0.2, -0.15) is 15.4 Å². The summed E-state index contributed by atoms with van der Waals surface area (Å²) in [5, 5.41) is 19.2. The fraction of sp³-hybridized carbons (Fsp3) is 0.200. The predicted octanol–water partition coefficient (Wildman–Crippen LogP) is 1.36. The van der Waals surface area contributed by atoms with Crippen LogP contribution < -0.4 is 0 Å². The molecule has 1 unspecified atom stereocenters. The third-order valence-electron chi connectivity index (χ3n) is 2.20. The van der Waals surface area contributed by atoms with Crippen LogP contribution in [0.25, 0.3) is 0 Å². The van der Waals surface area contributed by atoms with Gasteiger partial charge >= 0.3 is 0 Å². The van der Waals surface area contributed by atoms with E-state index in [1.54, 1.807) is 0 Å². The molecule has 0 radical (unpaired) electrons. The fourth-order valence-corrected chi connectivity index (χ4v) is 1.37. The van der Waals surface area contributed by atoms with Crippen molar-refractivity contribution in [2.75, 3.05) is 0 Å². The summed E-state index contributed by atoms with van der Waals surface area (Å²) in [6, 6.07) is 3.23. The second kappa shape index (κ2) is 4.36. The first kappa shape index (κ1) is 10.7. The molecule has 0 aliphatic heterocycles. The molecular weight excluding hydrogens is 216 g/mol. The molecule has 1 aromatic heterocycles. The molecule has 84 valence electrons. The zero-order chi connectivity index (χ0) is 11.5. The van der Waals surface area contributed by atoms with Crippen molar-refractivity contribution in [2.45, 2.75) is 12.5 Å². The Labute approximate surface area is 89.9 Å². The Balaban J connectivity index is 2.15. The molecule has 4 nitrogen and oxygen atoms in total. The van der Waals surface area contributed by atoms with Gasteiger partial charge in [0.05, 0.1) is 6.20 Å². The maximum Gasteiger partial charge on any atom is 0.129 e. The smallest absolute Gasteiger partial charge is 0.129 e. The predicted molar refractivity (Wildman–Crippen MR) is 51.4 cm³/mol. The Morgan fingerprint density at radius 1 is 1.38 bits per heavy atom. The number of rotatable bonds is 3. The van der Waals surface area contributed by atoms with E-state index in [1.165, 1.54) is 12.3 Å². The molecule has 1 aromatic carbocycles. The first-order valence-electron chi connectivity index (χ1n) is 4.64. The van der Waals surface area contributed by atoms with Crippen LogP contribution in [0.2, 0.25) is 0 Å². The van der Waals surface area contributed by atoms with E-state index in [4.69, 9.17) is 0 Å². The van der Waals surface area contributed by atoms with Crippen molar-refractivity contribution in [2.24, 2.45) is 0 Å². The van der Waals surface area contributed by atoms with Crippen molar-refractivity contribution in [1.29, 1.82) is 0 Å². The molecule has 0 saturated heterocycles. The van der Waals surface area contributed by atoms with Crippen LogP contribution in [0.4, 0.5) is 8.78 Å². The summed E-state index contributed by atoms with van der Waals surface area (Å²) in [5.41, 5.74) is 0.556. The second-order valence-electron chi connectivity index (χ2n) is 3.35. The number of nitrogens with one attached hydrogen (secondary N) is 1. The lowest BCUT2D eigenvalue weighted by Crippen LogP contribution is -2.04. The van der Waals surface area contributed by atoms with Gasteiger partial charge in [-0.3, -0.25) is 0 Å². The van der Waals surface area contributed by atoms with Gasteiger partial charge < -0.3 is 5.11 Å². The van der Waals surface area contributed by atoms with E-state index in [0.29, 0.717) is 5.69 Å². The molecule has 2 aromatic rings. The number of aromatic nitrogens is 3. The summed E-state index contributed by atoms with van der Waals surface area (Å²) in [4.78, 5) is 0. The Morgan fingerprint density at radius 3 is 2.81 bits per heavy atom. The summed E-state index contributed by atoms with van der Waals surface area (Å²) in [6.07, 6.45) is 0.420. The van der Waals surface area contributed by atoms with E-state index in [1.807, 2.05) is 0 Å². The third kappa shape index (κ3) is 2.22. The first-order valence-corrected chi connectivity index (χ1v) is 4.64. The molecule has 2 N–H and O–H groups in total. The van der Waals surface area contributed by atoms with Crippen LogP contribution in [-0.2, 0) is 6.42 Å². The number of hydrogen-bond acceptors (Lipinski definition) is 3. The molecule has 0 spiro atoms. The highest BCUT2D eigenvalue weighted by Crippen LogP contribution is 2.18. The first-order chi connectivity index (χ1) is 7.66. The molecule has 2 rings (SSSR count). The van der Waals surface area contributed by atoms with Crippen molar-refractivity contribution in [3.05, 3.63) is 47.3 Å². The Kier molecular flexibility index (Phi) is 2.91. The highest BCUT2D eigenvalue weighted by Gasteiger charge is 2.14. The average Bonchev–Trinajstić information content (AvgIpc) is 2.75. The maximum atomic E-state index is 13.3. The summed E-state index contributed by atoms with van der Waals surface area (Å²) in [7, 11) is 0. The second-order valence-corrected chi connectivity index (χ2v) is 3.35. The summed E-state index contributed by atoms with van der Waals surface area (Å²) >= 11 is 0. The van der Waals surface area contributed by atoms with Crippen LogP contribution >= 0.6 is 0 Å². The van der Waals surface area contributed by atoms with E-state index >= 15 is 0 Å². The molecule has 6 heteroatoms. The third-order valence-corrected chi connectivity index (χ3v) is 2.20. The van der Waals surface area contributed by atoms with Gasteiger partial charge in [0.15, 0.2) is 0 Å². The maximum absolute atomic E-state index is 13.3. The highest BCUT2D eigenvalue weighted by atomic mass is 19.1. The van der Waals surface area contributed by atoms with Crippen LogP contribution in [0.1, 0.15) is 17.4 Å². The van der Waals surface area contributed by atoms with E-state index < -0.39 is 17.7 Å².